The molecule has 4 amide bonds. The minimum atomic E-state index is -4.04. The van der Waals surface area contributed by atoms with E-state index in [1.165, 1.54) is 24.8 Å². The molecule has 0 spiro atoms. The van der Waals surface area contributed by atoms with Crippen LogP contribution in [-0.2, 0) is 29.1 Å². The number of aromatic nitrogens is 1. The summed E-state index contributed by atoms with van der Waals surface area (Å²) in [4.78, 5) is 61.9. The van der Waals surface area contributed by atoms with E-state index in [2.05, 4.69) is 21.9 Å². The number of amides is 4. The maximum atomic E-state index is 14.5. The Labute approximate surface area is 328 Å². The van der Waals surface area contributed by atoms with Crippen molar-refractivity contribution in [2.45, 2.75) is 96.4 Å². The average molecular weight is 792 g/mol. The third kappa shape index (κ3) is 8.77. The van der Waals surface area contributed by atoms with E-state index in [4.69, 9.17) is 19.2 Å². The van der Waals surface area contributed by atoms with E-state index in [1.807, 2.05) is 36.4 Å². The standard InChI is InChI=1S/C41H53N5O9S/c1-11-30-25(6)41(30,38(49)45-56(51,52)24(4)5)44-36(47)33-20-28(22-46(33)37(48)35(23(2)3)43-39(50)55-40(7,8)9)54-34-21-31(26-15-13-12-14-16-26)42-32-19-27(53-10)17-18-29(32)34/h11-19,21,23-25,28,30,33,35H,1,20,22H2,2-10H3,(H,43,50)(H,44,47)(H,45,49)/t25-,28+,30?,33-,35-,41+/m0/s1. The van der Waals surface area contributed by atoms with Crippen molar-refractivity contribution in [3.63, 3.8) is 0 Å². The molecule has 302 valence electrons. The van der Waals surface area contributed by atoms with E-state index in [0.717, 1.165) is 5.56 Å². The molecule has 0 bridgehead atoms. The van der Waals surface area contributed by atoms with E-state index < -0.39 is 86.2 Å². The molecule has 1 aromatic heterocycles. The van der Waals surface area contributed by atoms with Gasteiger partial charge in [-0.15, -0.1) is 6.58 Å². The Balaban J connectivity index is 1.52. The maximum absolute atomic E-state index is 14.5. The molecule has 56 heavy (non-hydrogen) atoms. The van der Waals surface area contributed by atoms with Gasteiger partial charge in [0.1, 0.15) is 40.8 Å². The number of hydrogen-bond donors (Lipinski definition) is 3. The van der Waals surface area contributed by atoms with Crippen molar-refractivity contribution in [2.75, 3.05) is 13.7 Å². The highest BCUT2D eigenvalue weighted by molar-refractivity contribution is 7.90. The predicted molar refractivity (Wildman–Crippen MR) is 212 cm³/mol. The number of carbonyl (C=O) groups is 4. The first kappa shape index (κ1) is 42.0. The third-order valence-electron chi connectivity index (χ3n) is 10.3. The molecule has 15 heteroatoms. The van der Waals surface area contributed by atoms with Gasteiger partial charge in [-0.2, -0.15) is 0 Å². The van der Waals surface area contributed by atoms with Crippen LogP contribution in [0.2, 0.25) is 0 Å². The summed E-state index contributed by atoms with van der Waals surface area (Å²) in [7, 11) is -2.48. The van der Waals surface area contributed by atoms with Crippen LogP contribution in [0.5, 0.6) is 11.5 Å². The highest BCUT2D eigenvalue weighted by atomic mass is 32.2. The number of nitrogens with one attached hydrogen (secondary N) is 3. The molecule has 1 saturated carbocycles. The summed E-state index contributed by atoms with van der Waals surface area (Å²) in [6, 6.07) is 14.5. The zero-order valence-corrected chi connectivity index (χ0v) is 34.2. The van der Waals surface area contributed by atoms with Gasteiger partial charge < -0.3 is 29.7 Å². The highest BCUT2D eigenvalue weighted by Gasteiger charge is 2.68. The molecule has 3 aromatic rings. The summed E-state index contributed by atoms with van der Waals surface area (Å²) in [5, 5.41) is 5.28. The molecule has 14 nitrogen and oxygen atoms in total. The minimum Gasteiger partial charge on any atom is -0.497 e. The van der Waals surface area contributed by atoms with Crippen molar-refractivity contribution in [3.05, 3.63) is 67.3 Å². The predicted octanol–water partition coefficient (Wildman–Crippen LogP) is 4.97. The lowest BCUT2D eigenvalue weighted by Gasteiger charge is -2.32. The summed E-state index contributed by atoms with van der Waals surface area (Å²) < 4.78 is 45.3. The van der Waals surface area contributed by atoms with Crippen LogP contribution in [0.1, 0.15) is 61.8 Å². The number of ether oxygens (including phenoxy) is 3. The van der Waals surface area contributed by atoms with E-state index in [-0.39, 0.29) is 13.0 Å². The van der Waals surface area contributed by atoms with E-state index in [1.54, 1.807) is 66.9 Å². The minimum absolute atomic E-state index is 0.00456. The fourth-order valence-electron chi connectivity index (χ4n) is 7.05. The number of methoxy groups -OCH3 is 1. The molecule has 0 radical (unpaired) electrons. The van der Waals surface area contributed by atoms with Gasteiger partial charge in [-0.25, -0.2) is 18.2 Å². The number of sulfonamides is 1. The fourth-order valence-corrected chi connectivity index (χ4v) is 7.72. The summed E-state index contributed by atoms with van der Waals surface area (Å²) in [6.45, 7) is 17.0. The molecule has 2 aliphatic rings. The van der Waals surface area contributed by atoms with Gasteiger partial charge in [-0.3, -0.25) is 19.1 Å². The highest BCUT2D eigenvalue weighted by Crippen LogP contribution is 2.51. The van der Waals surface area contributed by atoms with Gasteiger partial charge in [0.05, 0.1) is 30.1 Å². The number of fused-ring (bicyclic) bond motifs is 1. The Hall–Kier alpha value is -5.18. The fraction of sp³-hybridized carbons (Fsp3) is 0.488. The Bertz CT molecular complexity index is 2100. The largest absolute Gasteiger partial charge is 0.497 e. The van der Waals surface area contributed by atoms with Gasteiger partial charge in [0.15, 0.2) is 0 Å². The molecule has 1 saturated heterocycles. The Morgan fingerprint density at radius 3 is 2.29 bits per heavy atom. The number of alkyl carbamates (subject to hydrolysis) is 1. The SMILES string of the molecule is C=CC1[C@H](C)[C@]1(NC(=O)[C@@H]1C[C@@H](Oc2cc(-c3ccccc3)nc3cc(OC)ccc23)CN1C(=O)[C@@H](NC(=O)OC(C)(C)C)C(C)C)C(=O)NS(=O)(=O)C(C)C. The number of pyridine rings is 1. The number of hydrogen-bond acceptors (Lipinski definition) is 10. The van der Waals surface area contributed by atoms with Crippen LogP contribution in [0.3, 0.4) is 0 Å². The lowest BCUT2D eigenvalue weighted by molar-refractivity contribution is -0.142. The Morgan fingerprint density at radius 2 is 1.71 bits per heavy atom. The molecule has 2 fully saturated rings. The first-order valence-electron chi connectivity index (χ1n) is 18.7. The first-order chi connectivity index (χ1) is 26.2. The smallest absolute Gasteiger partial charge is 0.408 e. The van der Waals surface area contributed by atoms with Crippen LogP contribution >= 0.6 is 0 Å². The summed E-state index contributed by atoms with van der Waals surface area (Å²) >= 11 is 0. The summed E-state index contributed by atoms with van der Waals surface area (Å²) in [5.41, 5.74) is -0.393. The number of rotatable bonds is 13. The van der Waals surface area contributed by atoms with Crippen molar-refractivity contribution in [3.8, 4) is 22.8 Å². The number of nitrogens with zero attached hydrogens (tertiary/aromatic N) is 2. The van der Waals surface area contributed by atoms with E-state index in [9.17, 15) is 27.6 Å². The second-order valence-electron chi connectivity index (χ2n) is 16.0. The second-order valence-corrected chi connectivity index (χ2v) is 18.3. The zero-order chi connectivity index (χ0) is 41.3. The quantitative estimate of drug-likeness (QED) is 0.200. The first-order valence-corrected chi connectivity index (χ1v) is 20.3. The average Bonchev–Trinajstić information content (AvgIpc) is 3.46. The van der Waals surface area contributed by atoms with Crippen LogP contribution in [0.15, 0.2) is 67.3 Å². The lowest BCUT2D eigenvalue weighted by Crippen LogP contribution is -2.59. The van der Waals surface area contributed by atoms with E-state index in [0.29, 0.717) is 28.1 Å². The van der Waals surface area contributed by atoms with Crippen molar-refractivity contribution in [2.24, 2.45) is 17.8 Å². The molecule has 2 aromatic carbocycles. The van der Waals surface area contributed by atoms with Crippen molar-refractivity contribution < 1.29 is 41.8 Å². The molecular formula is C41H53N5O9S. The molecule has 1 aliphatic heterocycles. The van der Waals surface area contributed by atoms with Crippen molar-refractivity contribution in [1.29, 1.82) is 0 Å². The Kier molecular flexibility index (Phi) is 12.1. The van der Waals surface area contributed by atoms with Gasteiger partial charge in [-0.05, 0) is 58.6 Å². The number of likely N-dealkylation sites (tertiary alicyclic amines) is 1. The zero-order valence-electron chi connectivity index (χ0n) is 33.4. The molecule has 1 unspecified atom stereocenters. The molecule has 2 heterocycles. The topological polar surface area (TPSA) is 182 Å². The number of benzene rings is 2. The third-order valence-corrected chi connectivity index (χ3v) is 12.0. The van der Waals surface area contributed by atoms with Gasteiger partial charge in [0.2, 0.25) is 21.8 Å². The monoisotopic (exact) mass is 791 g/mol. The van der Waals surface area contributed by atoms with Crippen LogP contribution in [0, 0.1) is 17.8 Å². The molecule has 5 rings (SSSR count). The van der Waals surface area contributed by atoms with Crippen LogP contribution < -0.4 is 24.8 Å². The van der Waals surface area contributed by atoms with Crippen molar-refractivity contribution >= 4 is 44.7 Å². The summed E-state index contributed by atoms with van der Waals surface area (Å²) in [5.74, 6) is -2.59. The van der Waals surface area contributed by atoms with E-state index >= 15 is 0 Å². The van der Waals surface area contributed by atoms with Gasteiger partial charge in [-0.1, -0.05) is 57.2 Å². The summed E-state index contributed by atoms with van der Waals surface area (Å²) in [6.07, 6.45) is -0.0286. The molecule has 3 N–H and O–H groups in total. The van der Waals surface area contributed by atoms with Crippen LogP contribution in [-0.4, -0.2) is 90.3 Å². The van der Waals surface area contributed by atoms with Crippen molar-refractivity contribution in [1.82, 2.24) is 25.2 Å². The normalized spacial score (nSPS) is 22.7. The molecule has 6 atom stereocenters. The lowest BCUT2D eigenvalue weighted by atomic mass is 10.0. The maximum Gasteiger partial charge on any atom is 0.408 e. The number of carbonyl (C=O) groups excluding carboxylic acids is 4. The van der Waals surface area contributed by atoms with Gasteiger partial charge >= 0.3 is 6.09 Å². The molecule has 1 aliphatic carbocycles. The van der Waals surface area contributed by atoms with Crippen LogP contribution in [0.25, 0.3) is 22.2 Å². The van der Waals surface area contributed by atoms with Crippen LogP contribution in [0.4, 0.5) is 4.79 Å². The molecular weight excluding hydrogens is 739 g/mol. The van der Waals surface area contributed by atoms with Gasteiger partial charge in [0, 0.05) is 35.4 Å². The Morgan fingerprint density at radius 1 is 1.04 bits per heavy atom. The second kappa shape index (κ2) is 16.1. The van der Waals surface area contributed by atoms with Gasteiger partial charge in [0.25, 0.3) is 5.91 Å².